The third-order valence-electron chi connectivity index (χ3n) is 2.33. The van der Waals surface area contributed by atoms with Gasteiger partial charge in [-0.15, -0.1) is 0 Å². The second-order valence-electron chi connectivity index (χ2n) is 4.97. The minimum atomic E-state index is -0.977. The molecule has 0 saturated heterocycles. The predicted octanol–water partition coefficient (Wildman–Crippen LogP) is 1.35. The summed E-state index contributed by atoms with van der Waals surface area (Å²) in [5.74, 6) is 0.144. The summed E-state index contributed by atoms with van der Waals surface area (Å²) in [6.45, 7) is 10.2. The van der Waals surface area contributed by atoms with Gasteiger partial charge in [0, 0.05) is 13.2 Å². The number of carbonyl (C=O) groups is 1. The molecule has 0 radical (unpaired) electrons. The molecule has 2 N–H and O–H groups in total. The average molecular weight is 261 g/mol. The molecule has 1 atom stereocenters. The van der Waals surface area contributed by atoms with Crippen molar-refractivity contribution in [2.24, 2.45) is 11.7 Å². The summed E-state index contributed by atoms with van der Waals surface area (Å²) in [5, 5.41) is 0. The Balaban J connectivity index is 3.55. The van der Waals surface area contributed by atoms with Crippen LogP contribution in [0.5, 0.6) is 0 Å². The van der Waals surface area contributed by atoms with E-state index in [4.69, 9.17) is 19.9 Å². The van der Waals surface area contributed by atoms with Gasteiger partial charge in [0.05, 0.1) is 19.8 Å². The maximum Gasteiger partial charge on any atom is 0.325 e. The Morgan fingerprint density at radius 1 is 1.22 bits per heavy atom. The van der Waals surface area contributed by atoms with E-state index in [9.17, 15) is 4.79 Å². The molecule has 0 aromatic carbocycles. The second kappa shape index (κ2) is 9.30. The van der Waals surface area contributed by atoms with E-state index in [2.05, 4.69) is 13.8 Å². The molecule has 1 unspecified atom stereocenters. The van der Waals surface area contributed by atoms with Crippen LogP contribution in [0.25, 0.3) is 0 Å². The number of rotatable bonds is 10. The maximum atomic E-state index is 11.5. The molecule has 0 aliphatic heterocycles. The fourth-order valence-electron chi connectivity index (χ4n) is 1.22. The van der Waals surface area contributed by atoms with Gasteiger partial charge in [-0.3, -0.25) is 4.79 Å². The van der Waals surface area contributed by atoms with Crippen LogP contribution in [0.3, 0.4) is 0 Å². The van der Waals surface area contributed by atoms with E-state index >= 15 is 0 Å². The summed E-state index contributed by atoms with van der Waals surface area (Å²) >= 11 is 0. The van der Waals surface area contributed by atoms with Crippen molar-refractivity contribution in [1.29, 1.82) is 0 Å². The SMILES string of the molecule is CCOC(=O)C(C)(N)CCOCCOCC(C)C. The van der Waals surface area contributed by atoms with Gasteiger partial charge in [-0.25, -0.2) is 0 Å². The van der Waals surface area contributed by atoms with Gasteiger partial charge in [0.15, 0.2) is 0 Å². The van der Waals surface area contributed by atoms with Crippen molar-refractivity contribution >= 4 is 5.97 Å². The van der Waals surface area contributed by atoms with E-state index < -0.39 is 5.54 Å². The maximum absolute atomic E-state index is 11.5. The molecule has 0 bridgehead atoms. The Morgan fingerprint density at radius 2 is 1.83 bits per heavy atom. The normalized spacial score (nSPS) is 14.6. The van der Waals surface area contributed by atoms with E-state index in [1.807, 2.05) is 0 Å². The molecule has 5 heteroatoms. The van der Waals surface area contributed by atoms with Gasteiger partial charge in [0.1, 0.15) is 5.54 Å². The summed E-state index contributed by atoms with van der Waals surface area (Å²) in [5.41, 5.74) is 4.86. The molecule has 0 aromatic heterocycles. The first-order chi connectivity index (χ1) is 8.40. The summed E-state index contributed by atoms with van der Waals surface area (Å²) in [4.78, 5) is 11.5. The van der Waals surface area contributed by atoms with Gasteiger partial charge in [-0.2, -0.15) is 0 Å². The van der Waals surface area contributed by atoms with Gasteiger partial charge in [0.2, 0.25) is 0 Å². The Kier molecular flexibility index (Phi) is 8.97. The van der Waals surface area contributed by atoms with Gasteiger partial charge >= 0.3 is 5.97 Å². The van der Waals surface area contributed by atoms with Gasteiger partial charge in [-0.1, -0.05) is 13.8 Å². The molecule has 0 fully saturated rings. The number of hydrogen-bond donors (Lipinski definition) is 1. The van der Waals surface area contributed by atoms with Crippen molar-refractivity contribution < 1.29 is 19.0 Å². The highest BCUT2D eigenvalue weighted by Crippen LogP contribution is 2.08. The van der Waals surface area contributed by atoms with Crippen LogP contribution in [0.15, 0.2) is 0 Å². The lowest BCUT2D eigenvalue weighted by Gasteiger charge is -2.21. The van der Waals surface area contributed by atoms with Crippen LogP contribution in [0, 0.1) is 5.92 Å². The summed E-state index contributed by atoms with van der Waals surface area (Å²) < 4.78 is 15.6. The van der Waals surface area contributed by atoms with Crippen molar-refractivity contribution in [1.82, 2.24) is 0 Å². The molecule has 0 saturated carbocycles. The highest BCUT2D eigenvalue weighted by molar-refractivity contribution is 5.79. The van der Waals surface area contributed by atoms with Gasteiger partial charge in [-0.05, 0) is 26.2 Å². The first-order valence-electron chi connectivity index (χ1n) is 6.51. The predicted molar refractivity (Wildman–Crippen MR) is 70.3 cm³/mol. The number of carbonyl (C=O) groups excluding carboxylic acids is 1. The standard InChI is InChI=1S/C13H27NO4/c1-5-18-12(15)13(4,14)6-7-16-8-9-17-10-11(2)3/h11H,5-10,14H2,1-4H3. The van der Waals surface area contributed by atoms with E-state index in [0.29, 0.717) is 38.8 Å². The summed E-state index contributed by atoms with van der Waals surface area (Å²) in [7, 11) is 0. The zero-order valence-corrected chi connectivity index (χ0v) is 12.0. The van der Waals surface area contributed by atoms with Gasteiger partial charge < -0.3 is 19.9 Å². The van der Waals surface area contributed by atoms with Crippen molar-refractivity contribution in [2.75, 3.05) is 33.0 Å². The minimum absolute atomic E-state index is 0.343. The van der Waals surface area contributed by atoms with E-state index in [-0.39, 0.29) is 5.97 Å². The molecule has 0 heterocycles. The van der Waals surface area contributed by atoms with Crippen LogP contribution in [0.1, 0.15) is 34.1 Å². The summed E-state index contributed by atoms with van der Waals surface area (Å²) in [6.07, 6.45) is 0.440. The molecule has 108 valence electrons. The molecule has 0 rings (SSSR count). The van der Waals surface area contributed by atoms with Crippen LogP contribution >= 0.6 is 0 Å². The number of esters is 1. The second-order valence-corrected chi connectivity index (χ2v) is 4.97. The molecule has 0 amide bonds. The fourth-order valence-corrected chi connectivity index (χ4v) is 1.22. The van der Waals surface area contributed by atoms with Crippen molar-refractivity contribution in [3.05, 3.63) is 0 Å². The smallest absolute Gasteiger partial charge is 0.325 e. The molecule has 0 aliphatic carbocycles. The molecule has 0 aliphatic rings. The Labute approximate surface area is 110 Å². The van der Waals surface area contributed by atoms with Crippen LogP contribution in [0.2, 0.25) is 0 Å². The lowest BCUT2D eigenvalue weighted by atomic mass is 10.0. The molecule has 0 aromatic rings. The first kappa shape index (κ1) is 17.4. The van der Waals surface area contributed by atoms with Crippen LogP contribution in [0.4, 0.5) is 0 Å². The van der Waals surface area contributed by atoms with Crippen molar-refractivity contribution in [3.8, 4) is 0 Å². The first-order valence-corrected chi connectivity index (χ1v) is 6.51. The Hall–Kier alpha value is -0.650. The lowest BCUT2D eigenvalue weighted by molar-refractivity contribution is -0.149. The minimum Gasteiger partial charge on any atom is -0.465 e. The number of hydrogen-bond acceptors (Lipinski definition) is 5. The molecular formula is C13H27NO4. The monoisotopic (exact) mass is 261 g/mol. The van der Waals surface area contributed by atoms with Crippen LogP contribution in [-0.2, 0) is 19.0 Å². The van der Waals surface area contributed by atoms with Crippen LogP contribution < -0.4 is 5.73 Å². The molecular weight excluding hydrogens is 234 g/mol. The zero-order valence-electron chi connectivity index (χ0n) is 12.0. The molecule has 5 nitrogen and oxygen atoms in total. The highest BCUT2D eigenvalue weighted by atomic mass is 16.5. The molecule has 0 spiro atoms. The fraction of sp³-hybridized carbons (Fsp3) is 0.923. The van der Waals surface area contributed by atoms with E-state index in [0.717, 1.165) is 6.61 Å². The topological polar surface area (TPSA) is 70.8 Å². The summed E-state index contributed by atoms with van der Waals surface area (Å²) in [6, 6.07) is 0. The largest absolute Gasteiger partial charge is 0.465 e. The highest BCUT2D eigenvalue weighted by Gasteiger charge is 2.29. The molecule has 18 heavy (non-hydrogen) atoms. The lowest BCUT2D eigenvalue weighted by Crippen LogP contribution is -2.47. The van der Waals surface area contributed by atoms with Crippen molar-refractivity contribution in [3.63, 3.8) is 0 Å². The Morgan fingerprint density at radius 3 is 2.39 bits per heavy atom. The van der Waals surface area contributed by atoms with Crippen molar-refractivity contribution in [2.45, 2.75) is 39.7 Å². The van der Waals surface area contributed by atoms with Crippen LogP contribution in [-0.4, -0.2) is 44.5 Å². The third kappa shape index (κ3) is 8.44. The average Bonchev–Trinajstić information content (AvgIpc) is 2.27. The van der Waals surface area contributed by atoms with E-state index in [1.165, 1.54) is 0 Å². The van der Waals surface area contributed by atoms with Gasteiger partial charge in [0.25, 0.3) is 0 Å². The number of ether oxygens (including phenoxy) is 3. The van der Waals surface area contributed by atoms with E-state index in [1.54, 1.807) is 13.8 Å². The Bertz CT molecular complexity index is 229. The quantitative estimate of drug-likeness (QED) is 0.475. The number of nitrogens with two attached hydrogens (primary N) is 1. The zero-order chi connectivity index (χ0) is 14.0. The third-order valence-corrected chi connectivity index (χ3v) is 2.33.